The summed E-state index contributed by atoms with van der Waals surface area (Å²) in [7, 11) is 0. The Hall–Kier alpha value is -1.55. The molecule has 3 nitrogen and oxygen atoms in total. The molecule has 0 amide bonds. The van der Waals surface area contributed by atoms with Crippen molar-refractivity contribution in [1.82, 2.24) is 4.98 Å². The van der Waals surface area contributed by atoms with Gasteiger partial charge in [-0.15, -0.1) is 0 Å². The zero-order valence-corrected chi connectivity index (χ0v) is 11.9. The molecule has 1 N–H and O–H groups in total. The van der Waals surface area contributed by atoms with Gasteiger partial charge in [0.1, 0.15) is 5.75 Å². The lowest BCUT2D eigenvalue weighted by Crippen LogP contribution is -2.12. The Morgan fingerprint density at radius 3 is 2.67 bits per heavy atom. The number of hydrogen-bond donors (Lipinski definition) is 1. The van der Waals surface area contributed by atoms with E-state index in [0.29, 0.717) is 11.3 Å². The number of Topliss-reactive ketones (excluding diaryl/α,β-unsaturated/α-hetero) is 1. The van der Waals surface area contributed by atoms with E-state index in [0.717, 1.165) is 15.9 Å². The molecule has 1 heterocycles. The number of halogens is 1. The summed E-state index contributed by atoms with van der Waals surface area (Å²) in [4.78, 5) is 15.1. The standard InChI is InChI=1S/C14H14BrNO2/c1-9-7-11(10(2)16-9)13(17)8-18-14-6-4-3-5-12(14)15/h3-7,16H,8H2,1-2H3. The van der Waals surface area contributed by atoms with Crippen molar-refractivity contribution in [2.24, 2.45) is 0 Å². The first-order chi connectivity index (χ1) is 8.58. The van der Waals surface area contributed by atoms with Gasteiger partial charge in [-0.25, -0.2) is 0 Å². The molecule has 0 bridgehead atoms. The van der Waals surface area contributed by atoms with Gasteiger partial charge in [-0.05, 0) is 48.0 Å². The van der Waals surface area contributed by atoms with Crippen LogP contribution >= 0.6 is 15.9 Å². The molecule has 0 spiro atoms. The highest BCUT2D eigenvalue weighted by molar-refractivity contribution is 9.10. The molecule has 18 heavy (non-hydrogen) atoms. The zero-order valence-electron chi connectivity index (χ0n) is 10.3. The van der Waals surface area contributed by atoms with E-state index in [1.165, 1.54) is 0 Å². The molecule has 0 aliphatic rings. The van der Waals surface area contributed by atoms with Crippen molar-refractivity contribution in [2.75, 3.05) is 6.61 Å². The summed E-state index contributed by atoms with van der Waals surface area (Å²) < 4.78 is 6.35. The Balaban J connectivity index is 2.05. The normalized spacial score (nSPS) is 10.4. The Bertz CT molecular complexity index is 575. The van der Waals surface area contributed by atoms with Crippen LogP contribution in [-0.2, 0) is 0 Å². The molecular formula is C14H14BrNO2. The molecule has 0 aliphatic carbocycles. The van der Waals surface area contributed by atoms with Gasteiger partial charge in [-0.3, -0.25) is 4.79 Å². The van der Waals surface area contributed by atoms with Crippen molar-refractivity contribution in [2.45, 2.75) is 13.8 Å². The van der Waals surface area contributed by atoms with Crippen molar-refractivity contribution in [3.63, 3.8) is 0 Å². The predicted molar refractivity (Wildman–Crippen MR) is 74.2 cm³/mol. The number of para-hydroxylation sites is 1. The lowest BCUT2D eigenvalue weighted by atomic mass is 10.1. The Morgan fingerprint density at radius 1 is 1.33 bits per heavy atom. The third kappa shape index (κ3) is 2.82. The fraction of sp³-hybridized carbons (Fsp3) is 0.214. The summed E-state index contributed by atoms with van der Waals surface area (Å²) in [6, 6.07) is 9.33. The Kier molecular flexibility index (Phi) is 3.87. The summed E-state index contributed by atoms with van der Waals surface area (Å²) in [6.45, 7) is 3.86. The first-order valence-corrected chi connectivity index (χ1v) is 6.44. The third-order valence-electron chi connectivity index (χ3n) is 2.65. The molecule has 4 heteroatoms. The van der Waals surface area contributed by atoms with Crippen LogP contribution in [0.25, 0.3) is 0 Å². The summed E-state index contributed by atoms with van der Waals surface area (Å²) in [5, 5.41) is 0. The fourth-order valence-electron chi connectivity index (χ4n) is 1.80. The van der Waals surface area contributed by atoms with E-state index in [9.17, 15) is 4.79 Å². The van der Waals surface area contributed by atoms with E-state index >= 15 is 0 Å². The lowest BCUT2D eigenvalue weighted by Gasteiger charge is -2.06. The molecule has 0 saturated heterocycles. The van der Waals surface area contributed by atoms with E-state index in [1.807, 2.05) is 44.2 Å². The van der Waals surface area contributed by atoms with Gasteiger partial charge in [-0.2, -0.15) is 0 Å². The summed E-state index contributed by atoms with van der Waals surface area (Å²) >= 11 is 3.38. The van der Waals surface area contributed by atoms with Gasteiger partial charge in [0, 0.05) is 17.0 Å². The lowest BCUT2D eigenvalue weighted by molar-refractivity contribution is 0.0920. The van der Waals surface area contributed by atoms with E-state index in [2.05, 4.69) is 20.9 Å². The maximum Gasteiger partial charge on any atom is 0.202 e. The van der Waals surface area contributed by atoms with Gasteiger partial charge in [0.05, 0.1) is 4.47 Å². The number of ether oxygens (including phenoxy) is 1. The zero-order chi connectivity index (χ0) is 13.1. The molecule has 0 saturated carbocycles. The monoisotopic (exact) mass is 307 g/mol. The first-order valence-electron chi connectivity index (χ1n) is 5.64. The van der Waals surface area contributed by atoms with E-state index in [1.54, 1.807) is 0 Å². The first kappa shape index (κ1) is 12.9. The summed E-state index contributed by atoms with van der Waals surface area (Å²) in [5.74, 6) is 0.656. The van der Waals surface area contributed by atoms with Gasteiger partial charge in [-0.1, -0.05) is 12.1 Å². The van der Waals surface area contributed by atoms with Crippen LogP contribution in [0.1, 0.15) is 21.7 Å². The average molecular weight is 308 g/mol. The number of carbonyl (C=O) groups is 1. The number of aromatic nitrogens is 1. The van der Waals surface area contributed by atoms with Crippen LogP contribution in [0, 0.1) is 13.8 Å². The molecule has 0 fully saturated rings. The van der Waals surface area contributed by atoms with Gasteiger partial charge >= 0.3 is 0 Å². The predicted octanol–water partition coefficient (Wildman–Crippen LogP) is 3.66. The van der Waals surface area contributed by atoms with Crippen LogP contribution in [-0.4, -0.2) is 17.4 Å². The Labute approximate surface area is 114 Å². The van der Waals surface area contributed by atoms with Gasteiger partial charge in [0.2, 0.25) is 5.78 Å². The fourth-order valence-corrected chi connectivity index (χ4v) is 2.20. The minimum absolute atomic E-state index is 0.0207. The van der Waals surface area contributed by atoms with Crippen LogP contribution in [0.4, 0.5) is 0 Å². The molecule has 94 valence electrons. The summed E-state index contributed by atoms with van der Waals surface area (Å²) in [5.41, 5.74) is 2.56. The average Bonchev–Trinajstić information content (AvgIpc) is 2.67. The largest absolute Gasteiger partial charge is 0.484 e. The quantitative estimate of drug-likeness (QED) is 0.876. The molecular weight excluding hydrogens is 294 g/mol. The molecule has 1 aromatic heterocycles. The number of hydrogen-bond acceptors (Lipinski definition) is 2. The van der Waals surface area contributed by atoms with Crippen LogP contribution in [0.5, 0.6) is 5.75 Å². The van der Waals surface area contributed by atoms with Gasteiger partial charge in [0.15, 0.2) is 6.61 Å². The highest BCUT2D eigenvalue weighted by Crippen LogP contribution is 2.24. The van der Waals surface area contributed by atoms with Crippen LogP contribution in [0.15, 0.2) is 34.8 Å². The van der Waals surface area contributed by atoms with E-state index in [4.69, 9.17) is 4.74 Å². The SMILES string of the molecule is Cc1cc(C(=O)COc2ccccc2Br)c(C)[nH]1. The number of H-pyrrole nitrogens is 1. The number of rotatable bonds is 4. The number of ketones is 1. The number of nitrogens with one attached hydrogen (secondary N) is 1. The highest BCUT2D eigenvalue weighted by Gasteiger charge is 2.12. The number of carbonyl (C=O) groups excluding carboxylic acids is 1. The van der Waals surface area contributed by atoms with Crippen LogP contribution in [0.2, 0.25) is 0 Å². The molecule has 0 unspecified atom stereocenters. The minimum Gasteiger partial charge on any atom is -0.484 e. The third-order valence-corrected chi connectivity index (χ3v) is 3.30. The molecule has 0 atom stereocenters. The molecule has 0 radical (unpaired) electrons. The Morgan fingerprint density at radius 2 is 2.06 bits per heavy atom. The second kappa shape index (κ2) is 5.40. The minimum atomic E-state index is -0.0207. The number of aryl methyl sites for hydroxylation is 2. The van der Waals surface area contributed by atoms with E-state index in [-0.39, 0.29) is 12.4 Å². The number of aromatic amines is 1. The van der Waals surface area contributed by atoms with E-state index < -0.39 is 0 Å². The van der Waals surface area contributed by atoms with Crippen molar-refractivity contribution < 1.29 is 9.53 Å². The van der Waals surface area contributed by atoms with Gasteiger partial charge in [0.25, 0.3) is 0 Å². The maximum absolute atomic E-state index is 12.0. The second-order valence-electron chi connectivity index (χ2n) is 4.13. The van der Waals surface area contributed by atoms with Crippen molar-refractivity contribution in [3.05, 3.63) is 51.8 Å². The smallest absolute Gasteiger partial charge is 0.202 e. The van der Waals surface area contributed by atoms with Crippen LogP contribution < -0.4 is 4.74 Å². The molecule has 0 aliphatic heterocycles. The highest BCUT2D eigenvalue weighted by atomic mass is 79.9. The molecule has 2 rings (SSSR count). The molecule has 2 aromatic rings. The topological polar surface area (TPSA) is 42.1 Å². The maximum atomic E-state index is 12.0. The van der Waals surface area contributed by atoms with Crippen molar-refractivity contribution >= 4 is 21.7 Å². The molecule has 1 aromatic carbocycles. The van der Waals surface area contributed by atoms with Crippen LogP contribution in [0.3, 0.4) is 0 Å². The van der Waals surface area contributed by atoms with Crippen molar-refractivity contribution in [1.29, 1.82) is 0 Å². The van der Waals surface area contributed by atoms with Crippen molar-refractivity contribution in [3.8, 4) is 5.75 Å². The number of benzene rings is 1. The second-order valence-corrected chi connectivity index (χ2v) is 4.99. The summed E-state index contributed by atoms with van der Waals surface area (Å²) in [6.07, 6.45) is 0. The van der Waals surface area contributed by atoms with Gasteiger partial charge < -0.3 is 9.72 Å².